The third-order valence-electron chi connectivity index (χ3n) is 2.01. The Morgan fingerprint density at radius 2 is 1.81 bits per heavy atom. The van der Waals surface area contributed by atoms with E-state index >= 15 is 0 Å². The molecule has 0 atom stereocenters. The van der Waals surface area contributed by atoms with E-state index < -0.39 is 0 Å². The van der Waals surface area contributed by atoms with Gasteiger partial charge < -0.3 is 15.0 Å². The van der Waals surface area contributed by atoms with Gasteiger partial charge in [0.05, 0.1) is 13.5 Å². The van der Waals surface area contributed by atoms with Gasteiger partial charge in [0, 0.05) is 33.5 Å². The Labute approximate surface area is 94.9 Å². The number of hydrogen-bond acceptors (Lipinski definition) is 4. The number of carbonyl (C=O) groups excluding carboxylic acids is 3. The summed E-state index contributed by atoms with van der Waals surface area (Å²) in [6, 6.07) is 0. The molecule has 0 unspecified atom stereocenters. The van der Waals surface area contributed by atoms with Gasteiger partial charge in [-0.25, -0.2) is 0 Å². The molecule has 6 heteroatoms. The van der Waals surface area contributed by atoms with Gasteiger partial charge in [0.15, 0.2) is 0 Å². The largest absolute Gasteiger partial charge is 0.469 e. The Morgan fingerprint density at radius 1 is 1.19 bits per heavy atom. The number of carbonyl (C=O) groups is 3. The molecule has 0 rings (SSSR count). The zero-order valence-corrected chi connectivity index (χ0v) is 9.91. The normalized spacial score (nSPS) is 9.44. The van der Waals surface area contributed by atoms with Crippen LogP contribution in [0, 0.1) is 0 Å². The van der Waals surface area contributed by atoms with Crippen LogP contribution in [-0.2, 0) is 19.1 Å². The highest BCUT2D eigenvalue weighted by molar-refractivity contribution is 5.75. The Hall–Kier alpha value is -1.59. The van der Waals surface area contributed by atoms with Crippen LogP contribution >= 0.6 is 0 Å². The van der Waals surface area contributed by atoms with Crippen LogP contribution in [0.25, 0.3) is 0 Å². The lowest BCUT2D eigenvalue weighted by Gasteiger charge is -2.20. The molecule has 0 spiro atoms. The summed E-state index contributed by atoms with van der Waals surface area (Å²) in [4.78, 5) is 34.2. The van der Waals surface area contributed by atoms with E-state index in [1.54, 1.807) is 0 Å². The molecule has 0 saturated heterocycles. The summed E-state index contributed by atoms with van der Waals surface area (Å²) in [5, 5.41) is 2.58. The smallest absolute Gasteiger partial charge is 0.307 e. The van der Waals surface area contributed by atoms with E-state index in [0.717, 1.165) is 0 Å². The zero-order chi connectivity index (χ0) is 12.6. The molecule has 0 radical (unpaired) electrons. The van der Waals surface area contributed by atoms with Gasteiger partial charge in [0.2, 0.25) is 11.8 Å². The maximum atomic E-state index is 11.2. The van der Waals surface area contributed by atoms with Crippen molar-refractivity contribution in [3.05, 3.63) is 0 Å². The predicted molar refractivity (Wildman–Crippen MR) is 57.6 cm³/mol. The fraction of sp³-hybridized carbons (Fsp3) is 0.700. The van der Waals surface area contributed by atoms with Crippen molar-refractivity contribution in [2.75, 3.05) is 26.7 Å². The quantitative estimate of drug-likeness (QED) is 0.626. The molecular weight excluding hydrogens is 212 g/mol. The average molecular weight is 230 g/mol. The van der Waals surface area contributed by atoms with Gasteiger partial charge in [0.1, 0.15) is 0 Å². The number of nitrogens with one attached hydrogen (secondary N) is 1. The van der Waals surface area contributed by atoms with Gasteiger partial charge in [-0.05, 0) is 0 Å². The summed E-state index contributed by atoms with van der Waals surface area (Å²) in [6.45, 7) is 3.92. The first-order valence-electron chi connectivity index (χ1n) is 5.04. The third-order valence-corrected chi connectivity index (χ3v) is 2.01. The Kier molecular flexibility index (Phi) is 6.91. The van der Waals surface area contributed by atoms with Crippen molar-refractivity contribution in [3.63, 3.8) is 0 Å². The van der Waals surface area contributed by atoms with E-state index in [1.807, 2.05) is 0 Å². The van der Waals surface area contributed by atoms with Crippen LogP contribution in [0.5, 0.6) is 0 Å². The molecule has 0 aromatic carbocycles. The van der Waals surface area contributed by atoms with Crippen LogP contribution in [0.3, 0.4) is 0 Å². The van der Waals surface area contributed by atoms with Crippen molar-refractivity contribution in [3.8, 4) is 0 Å². The minimum absolute atomic E-state index is 0.130. The molecule has 92 valence electrons. The van der Waals surface area contributed by atoms with Gasteiger partial charge in [-0.2, -0.15) is 0 Å². The minimum atomic E-state index is -0.356. The van der Waals surface area contributed by atoms with Crippen LogP contribution in [0.2, 0.25) is 0 Å². The first-order chi connectivity index (χ1) is 7.47. The van der Waals surface area contributed by atoms with E-state index in [1.165, 1.54) is 25.9 Å². The van der Waals surface area contributed by atoms with Crippen molar-refractivity contribution in [1.82, 2.24) is 10.2 Å². The Morgan fingerprint density at radius 3 is 2.25 bits per heavy atom. The lowest BCUT2D eigenvalue weighted by molar-refractivity contribution is -0.141. The number of amides is 2. The van der Waals surface area contributed by atoms with Gasteiger partial charge in [-0.3, -0.25) is 14.4 Å². The Bertz CT molecular complexity index is 266. The monoisotopic (exact) mass is 230 g/mol. The SMILES string of the molecule is COC(=O)CCN(CCNC(C)=O)C(C)=O. The fourth-order valence-corrected chi connectivity index (χ4v) is 1.12. The van der Waals surface area contributed by atoms with Gasteiger partial charge in [0.25, 0.3) is 0 Å². The van der Waals surface area contributed by atoms with Crippen LogP contribution in [-0.4, -0.2) is 49.4 Å². The molecule has 0 aliphatic rings. The van der Waals surface area contributed by atoms with Crippen molar-refractivity contribution in [2.24, 2.45) is 0 Å². The van der Waals surface area contributed by atoms with Crippen molar-refractivity contribution in [1.29, 1.82) is 0 Å². The van der Waals surface area contributed by atoms with Crippen molar-refractivity contribution in [2.45, 2.75) is 20.3 Å². The number of methoxy groups -OCH3 is 1. The second kappa shape index (κ2) is 7.67. The zero-order valence-electron chi connectivity index (χ0n) is 9.91. The average Bonchev–Trinajstić information content (AvgIpc) is 2.21. The Balaban J connectivity index is 3.93. The molecule has 0 aliphatic heterocycles. The van der Waals surface area contributed by atoms with Crippen LogP contribution < -0.4 is 5.32 Å². The molecule has 0 heterocycles. The summed E-state index contributed by atoms with van der Waals surface area (Å²) < 4.78 is 4.48. The third kappa shape index (κ3) is 6.80. The first-order valence-corrected chi connectivity index (χ1v) is 5.04. The molecule has 0 aliphatic carbocycles. The summed E-state index contributed by atoms with van der Waals surface area (Å²) in [5.41, 5.74) is 0. The van der Waals surface area contributed by atoms with Crippen LogP contribution in [0.1, 0.15) is 20.3 Å². The number of nitrogens with zero attached hydrogens (tertiary/aromatic N) is 1. The van der Waals surface area contributed by atoms with Crippen molar-refractivity contribution < 1.29 is 19.1 Å². The highest BCUT2D eigenvalue weighted by Gasteiger charge is 2.10. The molecule has 0 saturated carbocycles. The molecule has 0 aromatic heterocycles. The second-order valence-corrected chi connectivity index (χ2v) is 3.32. The summed E-state index contributed by atoms with van der Waals surface area (Å²) in [6.07, 6.45) is 0.163. The number of esters is 1. The maximum Gasteiger partial charge on any atom is 0.307 e. The minimum Gasteiger partial charge on any atom is -0.469 e. The second-order valence-electron chi connectivity index (χ2n) is 3.32. The molecule has 0 fully saturated rings. The molecule has 0 bridgehead atoms. The van der Waals surface area contributed by atoms with E-state index in [0.29, 0.717) is 19.6 Å². The highest BCUT2D eigenvalue weighted by Crippen LogP contribution is 1.93. The molecule has 6 nitrogen and oxygen atoms in total. The van der Waals surface area contributed by atoms with Gasteiger partial charge in [-0.15, -0.1) is 0 Å². The van der Waals surface area contributed by atoms with Gasteiger partial charge >= 0.3 is 5.97 Å². The predicted octanol–water partition coefficient (Wildman–Crippen LogP) is -0.466. The lowest BCUT2D eigenvalue weighted by Crippen LogP contribution is -2.38. The van der Waals surface area contributed by atoms with Crippen LogP contribution in [0.15, 0.2) is 0 Å². The summed E-state index contributed by atoms with van der Waals surface area (Å²) in [7, 11) is 1.30. The van der Waals surface area contributed by atoms with Crippen LogP contribution in [0.4, 0.5) is 0 Å². The first kappa shape index (κ1) is 14.4. The lowest BCUT2D eigenvalue weighted by atomic mass is 10.3. The topological polar surface area (TPSA) is 75.7 Å². The van der Waals surface area contributed by atoms with Crippen molar-refractivity contribution >= 4 is 17.8 Å². The van der Waals surface area contributed by atoms with E-state index in [-0.39, 0.29) is 24.2 Å². The maximum absolute atomic E-state index is 11.2. The fourth-order valence-electron chi connectivity index (χ4n) is 1.12. The highest BCUT2D eigenvalue weighted by atomic mass is 16.5. The summed E-state index contributed by atoms with van der Waals surface area (Å²) >= 11 is 0. The number of hydrogen-bond donors (Lipinski definition) is 1. The number of ether oxygens (including phenoxy) is 1. The van der Waals surface area contributed by atoms with E-state index in [4.69, 9.17) is 0 Å². The molecule has 16 heavy (non-hydrogen) atoms. The standard InChI is InChI=1S/C10H18N2O4/c1-8(13)11-5-7-12(9(2)14)6-4-10(15)16-3/h4-7H2,1-3H3,(H,11,13). The molecule has 0 aromatic rings. The molecule has 2 amide bonds. The van der Waals surface area contributed by atoms with Gasteiger partial charge in [-0.1, -0.05) is 0 Å². The molecule has 1 N–H and O–H groups in total. The number of rotatable bonds is 6. The molecular formula is C10H18N2O4. The summed E-state index contributed by atoms with van der Waals surface area (Å²) in [5.74, 6) is -0.628. The van der Waals surface area contributed by atoms with E-state index in [9.17, 15) is 14.4 Å². The van der Waals surface area contributed by atoms with E-state index in [2.05, 4.69) is 10.1 Å².